The highest BCUT2D eigenvalue weighted by atomic mass is 16.3. The van der Waals surface area contributed by atoms with Gasteiger partial charge in [-0.05, 0) is 6.92 Å². The summed E-state index contributed by atoms with van der Waals surface area (Å²) in [5.41, 5.74) is 0.526. The number of hydrogen-bond acceptors (Lipinski definition) is 5. The van der Waals surface area contributed by atoms with E-state index in [2.05, 4.69) is 20.6 Å². The van der Waals surface area contributed by atoms with Gasteiger partial charge in [-0.15, -0.1) is 0 Å². The van der Waals surface area contributed by atoms with Crippen molar-refractivity contribution in [2.24, 2.45) is 0 Å². The molecule has 0 radical (unpaired) electrons. The van der Waals surface area contributed by atoms with Gasteiger partial charge in [0.2, 0.25) is 5.95 Å². The predicted octanol–water partition coefficient (Wildman–Crippen LogP) is -0.928. The Bertz CT molecular complexity index is 350. The second-order valence-electron chi connectivity index (χ2n) is 3.14. The smallest absolute Gasteiger partial charge is 0.252 e. The maximum absolute atomic E-state index is 11.1. The molecule has 0 aromatic carbocycles. The van der Waals surface area contributed by atoms with Crippen LogP contribution >= 0.6 is 0 Å². The SMILES string of the molecule is Cc1cc(=O)[nH]c(NCCNCCO)n1. The van der Waals surface area contributed by atoms with Crippen molar-refractivity contribution in [3.8, 4) is 0 Å². The first-order valence-electron chi connectivity index (χ1n) is 4.86. The number of nitrogens with one attached hydrogen (secondary N) is 3. The molecule has 6 nitrogen and oxygen atoms in total. The van der Waals surface area contributed by atoms with E-state index in [0.29, 0.717) is 31.3 Å². The van der Waals surface area contributed by atoms with E-state index in [1.54, 1.807) is 6.92 Å². The number of rotatable bonds is 6. The lowest BCUT2D eigenvalue weighted by Crippen LogP contribution is -2.26. The Labute approximate surface area is 87.8 Å². The van der Waals surface area contributed by atoms with Crippen molar-refractivity contribution in [1.82, 2.24) is 15.3 Å². The molecule has 6 heteroatoms. The summed E-state index contributed by atoms with van der Waals surface area (Å²) >= 11 is 0. The van der Waals surface area contributed by atoms with Gasteiger partial charge in [0.25, 0.3) is 5.56 Å². The summed E-state index contributed by atoms with van der Waals surface area (Å²) in [6.45, 7) is 3.81. The minimum absolute atomic E-state index is 0.125. The molecular formula is C9H16N4O2. The molecule has 1 aromatic heterocycles. The molecule has 0 aliphatic carbocycles. The van der Waals surface area contributed by atoms with E-state index < -0.39 is 0 Å². The van der Waals surface area contributed by atoms with Crippen LogP contribution in [0, 0.1) is 6.92 Å². The normalized spacial score (nSPS) is 10.3. The van der Waals surface area contributed by atoms with E-state index in [1.165, 1.54) is 6.07 Å². The van der Waals surface area contributed by atoms with Crippen LogP contribution in [0.15, 0.2) is 10.9 Å². The molecule has 0 saturated heterocycles. The average Bonchev–Trinajstić information content (AvgIpc) is 2.16. The van der Waals surface area contributed by atoms with Crippen LogP contribution in [-0.2, 0) is 0 Å². The van der Waals surface area contributed by atoms with E-state index in [0.717, 1.165) is 0 Å². The molecule has 0 unspecified atom stereocenters. The van der Waals surface area contributed by atoms with Crippen LogP contribution in [0.3, 0.4) is 0 Å². The second-order valence-corrected chi connectivity index (χ2v) is 3.14. The Balaban J connectivity index is 2.34. The fourth-order valence-corrected chi connectivity index (χ4v) is 1.14. The van der Waals surface area contributed by atoms with Crippen LogP contribution in [-0.4, -0.2) is 41.3 Å². The summed E-state index contributed by atoms with van der Waals surface area (Å²) < 4.78 is 0. The van der Waals surface area contributed by atoms with Crippen molar-refractivity contribution in [1.29, 1.82) is 0 Å². The number of aryl methyl sites for hydroxylation is 1. The standard InChI is InChI=1S/C9H16N4O2/c1-7-6-8(15)13-9(12-7)11-3-2-10-4-5-14/h6,10,14H,2-5H2,1H3,(H2,11,12,13,15). The third kappa shape index (κ3) is 4.57. The van der Waals surface area contributed by atoms with Crippen molar-refractivity contribution in [3.05, 3.63) is 22.1 Å². The zero-order chi connectivity index (χ0) is 11.1. The topological polar surface area (TPSA) is 90.0 Å². The van der Waals surface area contributed by atoms with Crippen LogP contribution in [0.5, 0.6) is 0 Å². The summed E-state index contributed by atoms with van der Waals surface area (Å²) in [5, 5.41) is 14.5. The molecule has 0 saturated carbocycles. The summed E-state index contributed by atoms with van der Waals surface area (Å²) in [5.74, 6) is 0.478. The molecule has 15 heavy (non-hydrogen) atoms. The molecule has 0 amide bonds. The Morgan fingerprint density at radius 3 is 2.93 bits per heavy atom. The van der Waals surface area contributed by atoms with Gasteiger partial charge in [0.1, 0.15) is 0 Å². The molecule has 0 aliphatic rings. The van der Waals surface area contributed by atoms with Crippen LogP contribution in [0.1, 0.15) is 5.69 Å². The van der Waals surface area contributed by atoms with Crippen LogP contribution in [0.4, 0.5) is 5.95 Å². The van der Waals surface area contributed by atoms with Crippen LogP contribution < -0.4 is 16.2 Å². The van der Waals surface area contributed by atoms with Gasteiger partial charge in [0, 0.05) is 31.4 Å². The van der Waals surface area contributed by atoms with Gasteiger partial charge in [0.05, 0.1) is 6.61 Å². The first-order chi connectivity index (χ1) is 7.22. The Morgan fingerprint density at radius 2 is 2.27 bits per heavy atom. The zero-order valence-corrected chi connectivity index (χ0v) is 8.71. The van der Waals surface area contributed by atoms with E-state index in [4.69, 9.17) is 5.11 Å². The number of hydrogen-bond donors (Lipinski definition) is 4. The lowest BCUT2D eigenvalue weighted by molar-refractivity contribution is 0.293. The Morgan fingerprint density at radius 1 is 1.47 bits per heavy atom. The highest BCUT2D eigenvalue weighted by Crippen LogP contribution is 1.93. The quantitative estimate of drug-likeness (QED) is 0.457. The molecule has 4 N–H and O–H groups in total. The minimum Gasteiger partial charge on any atom is -0.395 e. The van der Waals surface area contributed by atoms with Crippen LogP contribution in [0.25, 0.3) is 0 Å². The summed E-state index contributed by atoms with van der Waals surface area (Å²) in [6.07, 6.45) is 0. The van der Waals surface area contributed by atoms with E-state index in [1.807, 2.05) is 0 Å². The van der Waals surface area contributed by atoms with Crippen molar-refractivity contribution >= 4 is 5.95 Å². The van der Waals surface area contributed by atoms with Gasteiger partial charge < -0.3 is 15.7 Å². The highest BCUT2D eigenvalue weighted by molar-refractivity contribution is 5.24. The second kappa shape index (κ2) is 6.15. The summed E-state index contributed by atoms with van der Waals surface area (Å²) in [6, 6.07) is 1.44. The number of nitrogens with zero attached hydrogens (tertiary/aromatic N) is 1. The van der Waals surface area contributed by atoms with E-state index in [-0.39, 0.29) is 12.2 Å². The third-order valence-electron chi connectivity index (χ3n) is 1.75. The fourth-order valence-electron chi connectivity index (χ4n) is 1.14. The molecule has 1 heterocycles. The highest BCUT2D eigenvalue weighted by Gasteiger charge is 1.96. The van der Waals surface area contributed by atoms with Crippen molar-refractivity contribution < 1.29 is 5.11 Å². The molecular weight excluding hydrogens is 196 g/mol. The molecule has 0 atom stereocenters. The predicted molar refractivity (Wildman–Crippen MR) is 58.0 cm³/mol. The van der Waals surface area contributed by atoms with Crippen molar-refractivity contribution in [2.45, 2.75) is 6.92 Å². The van der Waals surface area contributed by atoms with Gasteiger partial charge >= 0.3 is 0 Å². The number of aliphatic hydroxyl groups is 1. The maximum Gasteiger partial charge on any atom is 0.252 e. The number of aromatic nitrogens is 2. The van der Waals surface area contributed by atoms with E-state index in [9.17, 15) is 4.79 Å². The molecule has 1 aromatic rings. The zero-order valence-electron chi connectivity index (χ0n) is 8.71. The molecule has 1 rings (SSSR count). The average molecular weight is 212 g/mol. The number of aliphatic hydroxyl groups excluding tert-OH is 1. The minimum atomic E-state index is -0.159. The lowest BCUT2D eigenvalue weighted by atomic mass is 10.4. The van der Waals surface area contributed by atoms with Gasteiger partial charge in [-0.2, -0.15) is 0 Å². The Hall–Kier alpha value is -1.40. The molecule has 0 bridgehead atoms. The lowest BCUT2D eigenvalue weighted by Gasteiger charge is -2.06. The Kier molecular flexibility index (Phi) is 4.79. The van der Waals surface area contributed by atoms with Crippen molar-refractivity contribution in [3.63, 3.8) is 0 Å². The first kappa shape index (κ1) is 11.7. The van der Waals surface area contributed by atoms with E-state index >= 15 is 0 Å². The summed E-state index contributed by atoms with van der Waals surface area (Å²) in [7, 11) is 0. The van der Waals surface area contributed by atoms with Gasteiger partial charge in [-0.1, -0.05) is 0 Å². The van der Waals surface area contributed by atoms with Crippen molar-refractivity contribution in [2.75, 3.05) is 31.6 Å². The van der Waals surface area contributed by atoms with Gasteiger partial charge in [-0.3, -0.25) is 9.78 Å². The van der Waals surface area contributed by atoms with Gasteiger partial charge in [0.15, 0.2) is 0 Å². The molecule has 0 aliphatic heterocycles. The summed E-state index contributed by atoms with van der Waals surface area (Å²) in [4.78, 5) is 17.8. The third-order valence-corrected chi connectivity index (χ3v) is 1.75. The number of anilines is 1. The number of aromatic amines is 1. The monoisotopic (exact) mass is 212 g/mol. The van der Waals surface area contributed by atoms with Gasteiger partial charge in [-0.25, -0.2) is 4.98 Å². The largest absolute Gasteiger partial charge is 0.395 e. The number of H-pyrrole nitrogens is 1. The molecule has 0 spiro atoms. The maximum atomic E-state index is 11.1. The molecule has 84 valence electrons. The van der Waals surface area contributed by atoms with Crippen LogP contribution in [0.2, 0.25) is 0 Å². The first-order valence-corrected chi connectivity index (χ1v) is 4.86. The fraction of sp³-hybridized carbons (Fsp3) is 0.556. The molecule has 0 fully saturated rings.